The maximum atomic E-state index is 8.93. The van der Waals surface area contributed by atoms with Crippen molar-refractivity contribution < 1.29 is 9.47 Å². The number of nitriles is 1. The molecule has 0 spiro atoms. The van der Waals surface area contributed by atoms with Crippen molar-refractivity contribution in [2.45, 2.75) is 20.0 Å². The zero-order valence-electron chi connectivity index (χ0n) is 10.2. The van der Waals surface area contributed by atoms with Crippen LogP contribution in [0.4, 0.5) is 10.7 Å². The van der Waals surface area contributed by atoms with E-state index in [4.69, 9.17) is 20.5 Å². The molecule has 6 heteroatoms. The molecular formula is C11H17N3O2S. The zero-order chi connectivity index (χ0) is 12.8. The number of ether oxygens (including phenoxy) is 2. The third-order valence-corrected chi connectivity index (χ3v) is 3.00. The van der Waals surface area contributed by atoms with Crippen molar-refractivity contribution in [1.82, 2.24) is 0 Å². The molecule has 94 valence electrons. The van der Waals surface area contributed by atoms with Crippen LogP contribution in [0.2, 0.25) is 0 Å². The van der Waals surface area contributed by atoms with E-state index < -0.39 is 0 Å². The highest BCUT2D eigenvalue weighted by atomic mass is 32.1. The third-order valence-electron chi connectivity index (χ3n) is 1.95. The molecule has 0 saturated heterocycles. The van der Waals surface area contributed by atoms with E-state index in [0.717, 1.165) is 5.00 Å². The van der Waals surface area contributed by atoms with Gasteiger partial charge in [0.05, 0.1) is 12.7 Å². The topological polar surface area (TPSA) is 80.3 Å². The largest absolute Gasteiger partial charge is 0.486 e. The smallest absolute Gasteiger partial charge is 0.178 e. The number of nitrogens with one attached hydrogen (secondary N) is 1. The Kier molecular flexibility index (Phi) is 5.07. The van der Waals surface area contributed by atoms with Gasteiger partial charge < -0.3 is 20.5 Å². The molecule has 0 bridgehead atoms. The van der Waals surface area contributed by atoms with Gasteiger partial charge in [0.1, 0.15) is 21.6 Å². The lowest BCUT2D eigenvalue weighted by atomic mass is 10.3. The monoisotopic (exact) mass is 255 g/mol. The highest BCUT2D eigenvalue weighted by Crippen LogP contribution is 2.42. The summed E-state index contributed by atoms with van der Waals surface area (Å²) in [6, 6.07) is 2.06. The summed E-state index contributed by atoms with van der Waals surface area (Å²) in [6.45, 7) is 5.07. The Morgan fingerprint density at radius 2 is 2.24 bits per heavy atom. The first-order chi connectivity index (χ1) is 8.10. The van der Waals surface area contributed by atoms with E-state index in [1.54, 1.807) is 7.11 Å². The summed E-state index contributed by atoms with van der Waals surface area (Å²) < 4.78 is 10.6. The number of rotatable bonds is 6. The molecule has 0 aliphatic rings. The number of anilines is 2. The predicted octanol–water partition coefficient (Wildman–Crippen LogP) is 2.05. The molecule has 17 heavy (non-hydrogen) atoms. The van der Waals surface area contributed by atoms with E-state index in [2.05, 4.69) is 11.4 Å². The maximum absolute atomic E-state index is 8.93. The molecule has 0 unspecified atom stereocenters. The number of hydrogen-bond acceptors (Lipinski definition) is 6. The van der Waals surface area contributed by atoms with Crippen LogP contribution >= 0.6 is 11.3 Å². The summed E-state index contributed by atoms with van der Waals surface area (Å²) >= 11 is 1.30. The Bertz CT molecular complexity index is 410. The third kappa shape index (κ3) is 3.51. The molecule has 0 atom stereocenters. The average molecular weight is 255 g/mol. The summed E-state index contributed by atoms with van der Waals surface area (Å²) in [5, 5.41) is 12.9. The SMILES string of the molecule is COCCNc1sc(C#N)c(N)c1OC(C)C. The first kappa shape index (κ1) is 13.6. The standard InChI is InChI=1S/C11H17N3O2S/c1-7(2)16-10-9(13)8(6-12)17-11(10)14-4-5-15-3/h7,14H,4-5,13H2,1-3H3. The molecule has 0 radical (unpaired) electrons. The van der Waals surface area contributed by atoms with Gasteiger partial charge >= 0.3 is 0 Å². The van der Waals surface area contributed by atoms with Gasteiger partial charge in [0.2, 0.25) is 0 Å². The number of nitrogens with zero attached hydrogens (tertiary/aromatic N) is 1. The van der Waals surface area contributed by atoms with Crippen LogP contribution in [0.1, 0.15) is 18.7 Å². The number of nitrogen functional groups attached to an aromatic ring is 1. The van der Waals surface area contributed by atoms with Crippen molar-refractivity contribution in [2.24, 2.45) is 0 Å². The van der Waals surface area contributed by atoms with Crippen molar-refractivity contribution in [3.63, 3.8) is 0 Å². The van der Waals surface area contributed by atoms with Crippen molar-refractivity contribution in [2.75, 3.05) is 31.3 Å². The normalized spacial score (nSPS) is 10.3. The van der Waals surface area contributed by atoms with Crippen LogP contribution in [-0.4, -0.2) is 26.4 Å². The van der Waals surface area contributed by atoms with Crippen LogP contribution in [0.3, 0.4) is 0 Å². The summed E-state index contributed by atoms with van der Waals surface area (Å²) in [5.41, 5.74) is 6.27. The molecule has 1 rings (SSSR count). The average Bonchev–Trinajstić information content (AvgIpc) is 2.57. The van der Waals surface area contributed by atoms with E-state index in [1.807, 2.05) is 13.8 Å². The van der Waals surface area contributed by atoms with Gasteiger partial charge in [-0.3, -0.25) is 0 Å². The van der Waals surface area contributed by atoms with Crippen LogP contribution < -0.4 is 15.8 Å². The summed E-state index contributed by atoms with van der Waals surface area (Å²) in [6.07, 6.45) is 0.0152. The molecule has 0 amide bonds. The molecule has 0 aliphatic heterocycles. The highest BCUT2D eigenvalue weighted by molar-refractivity contribution is 7.17. The summed E-state index contributed by atoms with van der Waals surface area (Å²) in [4.78, 5) is 0.473. The highest BCUT2D eigenvalue weighted by Gasteiger charge is 2.18. The number of hydrogen-bond donors (Lipinski definition) is 2. The lowest BCUT2D eigenvalue weighted by Crippen LogP contribution is -2.11. The molecule has 1 aromatic rings. The van der Waals surface area contributed by atoms with Crippen LogP contribution in [0.15, 0.2) is 0 Å². The predicted molar refractivity (Wildman–Crippen MR) is 69.6 cm³/mol. The number of nitrogens with two attached hydrogens (primary N) is 1. The Morgan fingerprint density at radius 1 is 1.53 bits per heavy atom. The van der Waals surface area contributed by atoms with Gasteiger partial charge in [-0.15, -0.1) is 11.3 Å². The van der Waals surface area contributed by atoms with E-state index in [0.29, 0.717) is 29.5 Å². The second-order valence-electron chi connectivity index (χ2n) is 3.70. The van der Waals surface area contributed by atoms with Crippen molar-refractivity contribution >= 4 is 22.0 Å². The van der Waals surface area contributed by atoms with Gasteiger partial charge in [0.15, 0.2) is 5.75 Å². The Labute approximate surface area is 105 Å². The Morgan fingerprint density at radius 3 is 2.76 bits per heavy atom. The fourth-order valence-electron chi connectivity index (χ4n) is 1.25. The van der Waals surface area contributed by atoms with Gasteiger partial charge in [0, 0.05) is 13.7 Å². The molecule has 5 nitrogen and oxygen atoms in total. The lowest BCUT2D eigenvalue weighted by molar-refractivity contribution is 0.210. The zero-order valence-corrected chi connectivity index (χ0v) is 11.1. The maximum Gasteiger partial charge on any atom is 0.178 e. The molecule has 1 heterocycles. The number of thiophene rings is 1. The second kappa shape index (κ2) is 6.33. The lowest BCUT2D eigenvalue weighted by Gasteiger charge is -2.12. The van der Waals surface area contributed by atoms with Crippen molar-refractivity contribution in [1.29, 1.82) is 5.26 Å². The second-order valence-corrected chi connectivity index (χ2v) is 4.72. The molecule has 0 aliphatic carbocycles. The summed E-state index contributed by atoms with van der Waals surface area (Å²) in [5.74, 6) is 0.567. The molecule has 0 saturated carbocycles. The molecule has 1 aromatic heterocycles. The van der Waals surface area contributed by atoms with E-state index >= 15 is 0 Å². The van der Waals surface area contributed by atoms with Crippen LogP contribution in [0.5, 0.6) is 5.75 Å². The number of methoxy groups -OCH3 is 1. The van der Waals surface area contributed by atoms with Gasteiger partial charge in [-0.05, 0) is 13.8 Å². The first-order valence-electron chi connectivity index (χ1n) is 5.32. The molecule has 3 N–H and O–H groups in total. The molecule has 0 aromatic carbocycles. The minimum Gasteiger partial charge on any atom is -0.486 e. The Hall–Kier alpha value is -1.45. The first-order valence-corrected chi connectivity index (χ1v) is 6.13. The minimum absolute atomic E-state index is 0.0152. The van der Waals surface area contributed by atoms with E-state index in [9.17, 15) is 0 Å². The van der Waals surface area contributed by atoms with Gasteiger partial charge in [-0.1, -0.05) is 0 Å². The van der Waals surface area contributed by atoms with Crippen LogP contribution in [0.25, 0.3) is 0 Å². The van der Waals surface area contributed by atoms with Crippen molar-refractivity contribution in [3.05, 3.63) is 4.88 Å². The van der Waals surface area contributed by atoms with Gasteiger partial charge in [-0.2, -0.15) is 5.26 Å². The van der Waals surface area contributed by atoms with Crippen LogP contribution in [-0.2, 0) is 4.74 Å². The molecular weight excluding hydrogens is 238 g/mol. The van der Waals surface area contributed by atoms with Gasteiger partial charge in [0.25, 0.3) is 0 Å². The van der Waals surface area contributed by atoms with E-state index in [-0.39, 0.29) is 6.10 Å². The van der Waals surface area contributed by atoms with Crippen LogP contribution in [0, 0.1) is 11.3 Å². The van der Waals surface area contributed by atoms with E-state index in [1.165, 1.54) is 11.3 Å². The fourth-order valence-corrected chi connectivity index (χ4v) is 2.12. The fraction of sp³-hybridized carbons (Fsp3) is 0.545. The Balaban J connectivity index is 2.89. The quantitative estimate of drug-likeness (QED) is 0.760. The minimum atomic E-state index is 0.0152. The molecule has 0 fully saturated rings. The van der Waals surface area contributed by atoms with Gasteiger partial charge in [-0.25, -0.2) is 0 Å². The summed E-state index contributed by atoms with van der Waals surface area (Å²) in [7, 11) is 1.64. The van der Waals surface area contributed by atoms with Crippen molar-refractivity contribution in [3.8, 4) is 11.8 Å².